The van der Waals surface area contributed by atoms with Crippen molar-refractivity contribution in [3.05, 3.63) is 23.3 Å². The van der Waals surface area contributed by atoms with Crippen LogP contribution in [0, 0.1) is 22.7 Å². The average Bonchev–Trinajstić information content (AvgIpc) is 2.54. The number of hydrogen-bond acceptors (Lipinski definition) is 0. The maximum atomic E-state index is 2.51. The molecule has 0 aromatic carbocycles. The minimum atomic E-state index is 0.316. The lowest BCUT2D eigenvalue weighted by Crippen LogP contribution is -2.17. The lowest BCUT2D eigenvalue weighted by molar-refractivity contribution is 0.330. The Labute approximate surface area is 94.5 Å². The Morgan fingerprint density at radius 3 is 2.33 bits per heavy atom. The highest BCUT2D eigenvalue weighted by Gasteiger charge is 2.44. The predicted molar refractivity (Wildman–Crippen MR) is 66.7 cm³/mol. The van der Waals surface area contributed by atoms with Crippen molar-refractivity contribution in [2.45, 2.75) is 48.0 Å². The highest BCUT2D eigenvalue weighted by molar-refractivity contribution is 5.44. The minimum absolute atomic E-state index is 0.316. The summed E-state index contributed by atoms with van der Waals surface area (Å²) in [5.41, 5.74) is 3.95. The fourth-order valence-electron chi connectivity index (χ4n) is 2.91. The molecule has 2 aliphatic rings. The van der Waals surface area contributed by atoms with E-state index in [1.165, 1.54) is 6.42 Å². The molecule has 0 N–H and O–H groups in total. The molecule has 0 aliphatic heterocycles. The Kier molecular flexibility index (Phi) is 2.19. The largest absolute Gasteiger partial charge is 0.0736 e. The van der Waals surface area contributed by atoms with Crippen molar-refractivity contribution in [1.82, 2.24) is 0 Å². The van der Waals surface area contributed by atoms with E-state index in [4.69, 9.17) is 0 Å². The summed E-state index contributed by atoms with van der Waals surface area (Å²) in [7, 11) is 0. The molecule has 0 aromatic rings. The van der Waals surface area contributed by atoms with Crippen LogP contribution >= 0.6 is 0 Å². The quantitative estimate of drug-likeness (QED) is 0.542. The Morgan fingerprint density at radius 2 is 1.87 bits per heavy atom. The summed E-state index contributed by atoms with van der Waals surface area (Å²) in [5.74, 6) is 1.57. The molecule has 15 heavy (non-hydrogen) atoms. The lowest BCUT2D eigenvalue weighted by Gasteiger charge is -2.26. The van der Waals surface area contributed by atoms with Crippen molar-refractivity contribution in [1.29, 1.82) is 0 Å². The first-order chi connectivity index (χ1) is 6.73. The van der Waals surface area contributed by atoms with Crippen LogP contribution in [0.1, 0.15) is 48.0 Å². The summed E-state index contributed by atoms with van der Waals surface area (Å²) in [6.45, 7) is 14.1. The molecule has 2 aliphatic carbocycles. The highest BCUT2D eigenvalue weighted by atomic mass is 14.5. The monoisotopic (exact) mass is 204 g/mol. The molecule has 0 saturated heterocycles. The summed E-state index contributed by atoms with van der Waals surface area (Å²) in [6, 6.07) is 0. The van der Waals surface area contributed by atoms with Crippen LogP contribution in [-0.2, 0) is 0 Å². The zero-order valence-electron chi connectivity index (χ0n) is 11.0. The highest BCUT2D eigenvalue weighted by Crippen LogP contribution is 2.55. The van der Waals surface area contributed by atoms with Gasteiger partial charge in [-0.15, -0.1) is 0 Å². The molecule has 2 unspecified atom stereocenters. The molecule has 2 rings (SSSR count). The molecule has 0 nitrogen and oxygen atoms in total. The number of allylic oxidation sites excluding steroid dienone is 4. The van der Waals surface area contributed by atoms with Crippen LogP contribution < -0.4 is 0 Å². The van der Waals surface area contributed by atoms with E-state index in [1.807, 2.05) is 0 Å². The number of rotatable bonds is 0. The molecule has 0 radical (unpaired) electrons. The second-order valence-electron chi connectivity index (χ2n) is 6.94. The average molecular weight is 204 g/mol. The van der Waals surface area contributed by atoms with Gasteiger partial charge in [0.15, 0.2) is 0 Å². The molecule has 1 fully saturated rings. The van der Waals surface area contributed by atoms with Crippen molar-refractivity contribution in [3.8, 4) is 0 Å². The van der Waals surface area contributed by atoms with Crippen LogP contribution in [0.25, 0.3) is 0 Å². The van der Waals surface area contributed by atoms with Crippen molar-refractivity contribution in [2.24, 2.45) is 22.7 Å². The molecule has 0 bridgehead atoms. The Hall–Kier alpha value is -0.520. The Bertz CT molecular complexity index is 334. The topological polar surface area (TPSA) is 0 Å². The van der Waals surface area contributed by atoms with E-state index in [0.717, 1.165) is 11.8 Å². The molecule has 0 aromatic heterocycles. The van der Waals surface area contributed by atoms with Gasteiger partial charge in [0.2, 0.25) is 0 Å². The maximum Gasteiger partial charge on any atom is -0.000573 e. The van der Waals surface area contributed by atoms with Crippen LogP contribution in [0.3, 0.4) is 0 Å². The normalized spacial score (nSPS) is 33.7. The van der Waals surface area contributed by atoms with Crippen LogP contribution in [0.15, 0.2) is 23.3 Å². The predicted octanol–water partition coefficient (Wildman–Crippen LogP) is 4.58. The van der Waals surface area contributed by atoms with Gasteiger partial charge >= 0.3 is 0 Å². The summed E-state index contributed by atoms with van der Waals surface area (Å²) in [5, 5.41) is 0. The second kappa shape index (κ2) is 2.99. The maximum absolute atomic E-state index is 2.51. The van der Waals surface area contributed by atoms with Gasteiger partial charge in [0.05, 0.1) is 0 Å². The van der Waals surface area contributed by atoms with Gasteiger partial charge in [-0.1, -0.05) is 59.3 Å². The van der Waals surface area contributed by atoms with Crippen LogP contribution in [0.5, 0.6) is 0 Å². The molecule has 0 heteroatoms. The summed E-state index contributed by atoms with van der Waals surface area (Å²) in [6.07, 6.45) is 6.34. The Balaban J connectivity index is 2.34. The van der Waals surface area contributed by atoms with Crippen LogP contribution in [0.2, 0.25) is 0 Å². The first-order valence-corrected chi connectivity index (χ1v) is 6.17. The standard InChI is InChI=1S/C15H24/c1-10-7-11-8-12(14(2,3)4)9-13(11)15(10,5)6/h8-11H,7H2,1-6H3. The SMILES string of the molecule is CC1CC2C=C(C(C)(C)C)C=C2C1(C)C. The molecular formula is C15H24. The summed E-state index contributed by atoms with van der Waals surface area (Å²) >= 11 is 0. The van der Waals surface area contributed by atoms with Gasteiger partial charge in [-0.3, -0.25) is 0 Å². The molecular weight excluding hydrogens is 180 g/mol. The third kappa shape index (κ3) is 1.58. The third-order valence-corrected chi connectivity index (χ3v) is 4.54. The van der Waals surface area contributed by atoms with Gasteiger partial charge in [0.25, 0.3) is 0 Å². The van der Waals surface area contributed by atoms with Crippen LogP contribution in [-0.4, -0.2) is 0 Å². The smallest absolute Gasteiger partial charge is 0.000573 e. The first-order valence-electron chi connectivity index (χ1n) is 6.17. The molecule has 1 saturated carbocycles. The van der Waals surface area contributed by atoms with Crippen LogP contribution in [0.4, 0.5) is 0 Å². The van der Waals surface area contributed by atoms with Crippen molar-refractivity contribution < 1.29 is 0 Å². The molecule has 0 heterocycles. The van der Waals surface area contributed by atoms with Gasteiger partial charge in [-0.05, 0) is 34.7 Å². The summed E-state index contributed by atoms with van der Waals surface area (Å²) in [4.78, 5) is 0. The van der Waals surface area contributed by atoms with Gasteiger partial charge in [0.1, 0.15) is 0 Å². The van der Waals surface area contributed by atoms with E-state index >= 15 is 0 Å². The number of fused-ring (bicyclic) bond motifs is 1. The lowest BCUT2D eigenvalue weighted by atomic mass is 9.78. The molecule has 2 atom stereocenters. The van der Waals surface area contributed by atoms with Crippen molar-refractivity contribution in [2.75, 3.05) is 0 Å². The molecule has 0 amide bonds. The molecule has 0 spiro atoms. The van der Waals surface area contributed by atoms with E-state index in [0.29, 0.717) is 10.8 Å². The zero-order valence-corrected chi connectivity index (χ0v) is 11.0. The minimum Gasteiger partial charge on any atom is -0.0736 e. The Morgan fingerprint density at radius 1 is 1.27 bits per heavy atom. The van der Waals surface area contributed by atoms with Crippen molar-refractivity contribution in [3.63, 3.8) is 0 Å². The second-order valence-corrected chi connectivity index (χ2v) is 6.94. The van der Waals surface area contributed by atoms with E-state index in [9.17, 15) is 0 Å². The van der Waals surface area contributed by atoms with Crippen molar-refractivity contribution >= 4 is 0 Å². The zero-order chi connectivity index (χ0) is 11.4. The summed E-state index contributed by atoms with van der Waals surface area (Å²) < 4.78 is 0. The van der Waals surface area contributed by atoms with E-state index < -0.39 is 0 Å². The fraction of sp³-hybridized carbons (Fsp3) is 0.733. The van der Waals surface area contributed by atoms with Gasteiger partial charge in [-0.25, -0.2) is 0 Å². The van der Waals surface area contributed by atoms with E-state index in [1.54, 1.807) is 11.1 Å². The first kappa shape index (κ1) is 11.0. The van der Waals surface area contributed by atoms with E-state index in [-0.39, 0.29) is 0 Å². The van der Waals surface area contributed by atoms with Gasteiger partial charge in [-0.2, -0.15) is 0 Å². The third-order valence-electron chi connectivity index (χ3n) is 4.54. The molecule has 84 valence electrons. The van der Waals surface area contributed by atoms with E-state index in [2.05, 4.69) is 53.7 Å². The fourth-order valence-corrected chi connectivity index (χ4v) is 2.91. The van der Waals surface area contributed by atoms with Gasteiger partial charge < -0.3 is 0 Å². The number of hydrogen-bond donors (Lipinski definition) is 0. The van der Waals surface area contributed by atoms with Gasteiger partial charge in [0, 0.05) is 0 Å².